The van der Waals surface area contributed by atoms with Crippen LogP contribution in [0.2, 0.25) is 0 Å². The smallest absolute Gasteiger partial charge is 0.336 e. The van der Waals surface area contributed by atoms with Gasteiger partial charge >= 0.3 is 17.1 Å². The van der Waals surface area contributed by atoms with E-state index in [1.54, 1.807) is 0 Å². The van der Waals surface area contributed by atoms with Gasteiger partial charge in [0.25, 0.3) is 0 Å². The third-order valence-corrected chi connectivity index (χ3v) is 4.71. The van der Waals surface area contributed by atoms with Crippen molar-refractivity contribution in [3.8, 4) is 0 Å². The van der Waals surface area contributed by atoms with E-state index in [1.807, 2.05) is 0 Å². The van der Waals surface area contributed by atoms with Crippen LogP contribution in [0.15, 0.2) is 14.4 Å². The van der Waals surface area contributed by atoms with Crippen molar-refractivity contribution in [2.75, 3.05) is 18.1 Å². The second-order valence-electron chi connectivity index (χ2n) is 5.90. The van der Waals surface area contributed by atoms with E-state index in [4.69, 9.17) is 5.11 Å². The Bertz CT molecular complexity index is 751. The largest absolute Gasteiger partial charge is 0.396 e. The Morgan fingerprint density at radius 3 is 1.62 bits per heavy atom. The van der Waals surface area contributed by atoms with Crippen molar-refractivity contribution in [2.45, 2.75) is 52.7 Å². The zero-order valence-corrected chi connectivity index (χ0v) is 15.9. The molecule has 0 saturated heterocycles. The van der Waals surface area contributed by atoms with Gasteiger partial charge in [0.2, 0.25) is 0 Å². The molecule has 0 unspecified atom stereocenters. The minimum absolute atomic E-state index is 0.00636. The molecule has 26 heavy (non-hydrogen) atoms. The monoisotopic (exact) mass is 387 g/mol. The zero-order valence-electron chi connectivity index (χ0n) is 15.1. The number of aromatic nitrogens is 3. The quantitative estimate of drug-likeness (QED) is 0.468. The molecule has 1 rings (SSSR count). The molecule has 0 saturated carbocycles. The van der Waals surface area contributed by atoms with Gasteiger partial charge in [0, 0.05) is 38.2 Å². The predicted molar refractivity (Wildman–Crippen MR) is 98.8 cm³/mol. The zero-order chi connectivity index (χ0) is 19.7. The number of carbonyl (C=O) groups excluding carboxylic acids is 2. The second kappa shape index (κ2) is 10.9. The van der Waals surface area contributed by atoms with Crippen LogP contribution >= 0.6 is 11.8 Å². The highest BCUT2D eigenvalue weighted by molar-refractivity contribution is 7.99. The van der Waals surface area contributed by atoms with Crippen molar-refractivity contribution in [3.05, 3.63) is 31.5 Å². The summed E-state index contributed by atoms with van der Waals surface area (Å²) in [5.41, 5.74) is -2.28. The molecule has 0 fully saturated rings. The molecule has 10 heteroatoms. The SMILES string of the molecule is CC(=O)CCn1c(=O)n(CCCSCCO)c(=O)n(CCC(C)=O)c1=O. The first-order valence-electron chi connectivity index (χ1n) is 8.41. The average Bonchev–Trinajstić information content (AvgIpc) is 2.56. The Kier molecular flexibility index (Phi) is 9.28. The van der Waals surface area contributed by atoms with E-state index >= 15 is 0 Å². The molecular weight excluding hydrogens is 362 g/mol. The Hall–Kier alpha value is -1.94. The normalized spacial score (nSPS) is 10.9. The van der Waals surface area contributed by atoms with Gasteiger partial charge in [0.1, 0.15) is 11.6 Å². The van der Waals surface area contributed by atoms with Crippen LogP contribution < -0.4 is 17.1 Å². The van der Waals surface area contributed by atoms with Gasteiger partial charge < -0.3 is 5.11 Å². The van der Waals surface area contributed by atoms with Crippen molar-refractivity contribution in [1.82, 2.24) is 13.7 Å². The van der Waals surface area contributed by atoms with Crippen molar-refractivity contribution in [2.24, 2.45) is 0 Å². The number of hydrogen-bond donors (Lipinski definition) is 1. The molecule has 0 bridgehead atoms. The summed E-state index contributed by atoms with van der Waals surface area (Å²) in [5, 5.41) is 8.76. The number of ketones is 2. The summed E-state index contributed by atoms with van der Waals surface area (Å²) in [4.78, 5) is 59.9. The van der Waals surface area contributed by atoms with Crippen LogP contribution in [0.4, 0.5) is 0 Å². The fourth-order valence-corrected chi connectivity index (χ4v) is 2.95. The summed E-state index contributed by atoms with van der Waals surface area (Å²) >= 11 is 1.49. The number of rotatable bonds is 12. The molecule has 9 nitrogen and oxygen atoms in total. The summed E-state index contributed by atoms with van der Waals surface area (Å²) < 4.78 is 2.73. The highest BCUT2D eigenvalue weighted by Gasteiger charge is 2.16. The third-order valence-electron chi connectivity index (χ3n) is 3.67. The molecule has 0 amide bonds. The van der Waals surface area contributed by atoms with E-state index in [0.717, 1.165) is 13.7 Å². The molecule has 0 aromatic carbocycles. The molecule has 1 heterocycles. The summed E-state index contributed by atoms with van der Waals surface area (Å²) in [6.45, 7) is 2.68. The van der Waals surface area contributed by atoms with Crippen LogP contribution in [0.1, 0.15) is 33.1 Å². The van der Waals surface area contributed by atoms with Gasteiger partial charge in [-0.1, -0.05) is 0 Å². The Balaban J connectivity index is 3.21. The van der Waals surface area contributed by atoms with Crippen molar-refractivity contribution in [3.63, 3.8) is 0 Å². The van der Waals surface area contributed by atoms with Gasteiger partial charge in [-0.2, -0.15) is 11.8 Å². The molecule has 0 radical (unpaired) electrons. The van der Waals surface area contributed by atoms with E-state index < -0.39 is 17.1 Å². The van der Waals surface area contributed by atoms with Crippen LogP contribution in [-0.2, 0) is 29.2 Å². The first-order chi connectivity index (χ1) is 12.3. The number of Topliss-reactive ketones (excluding diaryl/α,β-unsaturated/α-hetero) is 2. The highest BCUT2D eigenvalue weighted by atomic mass is 32.2. The summed E-state index contributed by atoms with van der Waals surface area (Å²) in [6.07, 6.45) is 0.524. The lowest BCUT2D eigenvalue weighted by atomic mass is 10.3. The maximum Gasteiger partial charge on any atom is 0.336 e. The summed E-state index contributed by atoms with van der Waals surface area (Å²) in [6, 6.07) is 0. The third kappa shape index (κ3) is 6.41. The molecule has 1 aromatic heterocycles. The molecule has 0 aliphatic heterocycles. The molecule has 1 aromatic rings. The number of thioether (sulfide) groups is 1. The molecule has 0 aliphatic carbocycles. The van der Waals surface area contributed by atoms with E-state index in [9.17, 15) is 24.0 Å². The van der Waals surface area contributed by atoms with Crippen molar-refractivity contribution < 1.29 is 14.7 Å². The van der Waals surface area contributed by atoms with Gasteiger partial charge in [-0.25, -0.2) is 28.1 Å². The van der Waals surface area contributed by atoms with Crippen molar-refractivity contribution >= 4 is 23.3 Å². The first kappa shape index (κ1) is 22.1. The maximum atomic E-state index is 12.5. The van der Waals surface area contributed by atoms with E-state index in [0.29, 0.717) is 17.9 Å². The molecule has 0 aliphatic rings. The van der Waals surface area contributed by atoms with Crippen molar-refractivity contribution in [1.29, 1.82) is 0 Å². The fourth-order valence-electron chi connectivity index (χ4n) is 2.29. The number of hydrogen-bond acceptors (Lipinski definition) is 7. The average molecular weight is 387 g/mol. The maximum absolute atomic E-state index is 12.5. The van der Waals surface area contributed by atoms with E-state index in [1.165, 1.54) is 25.6 Å². The highest BCUT2D eigenvalue weighted by Crippen LogP contribution is 2.01. The van der Waals surface area contributed by atoms with Gasteiger partial charge in [-0.15, -0.1) is 0 Å². The summed E-state index contributed by atoms with van der Waals surface area (Å²) in [7, 11) is 0. The number of aliphatic hydroxyl groups excluding tert-OH is 1. The van der Waals surface area contributed by atoms with Gasteiger partial charge in [0.05, 0.1) is 6.61 Å². The molecule has 1 N–H and O–H groups in total. The van der Waals surface area contributed by atoms with Crippen LogP contribution in [0, 0.1) is 0 Å². The number of nitrogens with zero attached hydrogens (tertiary/aromatic N) is 3. The fraction of sp³-hybridized carbons (Fsp3) is 0.688. The Morgan fingerprint density at radius 2 is 1.23 bits per heavy atom. The molecular formula is C16H25N3O6S. The minimum Gasteiger partial charge on any atom is -0.396 e. The standard InChI is InChI=1S/C16H25N3O6S/c1-12(21)4-7-18-14(23)17(6-3-10-26-11-9-20)15(24)19(16(18)25)8-5-13(2)22/h20H,3-11H2,1-2H3. The number of aliphatic hydroxyl groups is 1. The van der Waals surface area contributed by atoms with E-state index in [-0.39, 0.29) is 50.6 Å². The topological polar surface area (TPSA) is 120 Å². The van der Waals surface area contributed by atoms with Gasteiger partial charge in [-0.05, 0) is 26.0 Å². The van der Waals surface area contributed by atoms with Crippen LogP contribution in [-0.4, -0.2) is 48.5 Å². The second-order valence-corrected chi connectivity index (χ2v) is 7.12. The lowest BCUT2D eigenvalue weighted by Crippen LogP contribution is -2.54. The van der Waals surface area contributed by atoms with Crippen LogP contribution in [0.25, 0.3) is 0 Å². The lowest BCUT2D eigenvalue weighted by Gasteiger charge is -2.13. The minimum atomic E-state index is -0.798. The van der Waals surface area contributed by atoms with Crippen LogP contribution in [0.3, 0.4) is 0 Å². The predicted octanol–water partition coefficient (Wildman–Crippen LogP) is -0.754. The molecule has 0 atom stereocenters. The molecule has 146 valence electrons. The van der Waals surface area contributed by atoms with Gasteiger partial charge in [-0.3, -0.25) is 9.59 Å². The Morgan fingerprint density at radius 1 is 0.808 bits per heavy atom. The first-order valence-corrected chi connectivity index (χ1v) is 9.57. The van der Waals surface area contributed by atoms with Crippen LogP contribution in [0.5, 0.6) is 0 Å². The lowest BCUT2D eigenvalue weighted by molar-refractivity contribution is -0.118. The number of carbonyl (C=O) groups is 2. The summed E-state index contributed by atoms with van der Waals surface area (Å²) in [5.74, 6) is 0.858. The molecule has 0 spiro atoms. The Labute approximate surface area is 154 Å². The van der Waals surface area contributed by atoms with E-state index in [2.05, 4.69) is 0 Å². The van der Waals surface area contributed by atoms with Gasteiger partial charge in [0.15, 0.2) is 0 Å².